The predicted molar refractivity (Wildman–Crippen MR) is 64.6 cm³/mol. The average Bonchev–Trinajstić information content (AvgIpc) is 2.73. The first-order valence-corrected chi connectivity index (χ1v) is 6.72. The first-order valence-electron chi connectivity index (χ1n) is 6.72. The molecule has 0 aromatic rings. The maximum atomic E-state index is 5.96. The zero-order chi connectivity index (χ0) is 11.4. The molecule has 0 aromatic heterocycles. The topological polar surface area (TPSA) is 30.5 Å². The number of ether oxygens (including phenoxy) is 2. The van der Waals surface area contributed by atoms with Gasteiger partial charge in [0.25, 0.3) is 0 Å². The lowest BCUT2D eigenvalue weighted by Gasteiger charge is -2.29. The molecule has 0 spiro atoms. The molecule has 2 unspecified atom stereocenters. The Morgan fingerprint density at radius 1 is 1.12 bits per heavy atom. The van der Waals surface area contributed by atoms with Gasteiger partial charge in [0.1, 0.15) is 0 Å². The molecule has 3 heteroatoms. The van der Waals surface area contributed by atoms with E-state index in [-0.39, 0.29) is 0 Å². The highest BCUT2D eigenvalue weighted by molar-refractivity contribution is 4.77. The highest BCUT2D eigenvalue weighted by Crippen LogP contribution is 2.24. The Balaban J connectivity index is 1.60. The van der Waals surface area contributed by atoms with E-state index in [0.29, 0.717) is 24.4 Å². The summed E-state index contributed by atoms with van der Waals surface area (Å²) >= 11 is 0. The third-order valence-corrected chi connectivity index (χ3v) is 3.92. The molecular formula is C13H25NO2. The standard InChI is InChI=1S/C13H25NO2/c1-10-3-6-13(16-10)9-15-12-7-4-11(14-2)5-8-12/h10-14H,3-9H2,1-2H3. The van der Waals surface area contributed by atoms with Crippen LogP contribution in [0.3, 0.4) is 0 Å². The van der Waals surface area contributed by atoms with Crippen LogP contribution in [0.15, 0.2) is 0 Å². The molecule has 2 fully saturated rings. The minimum absolute atomic E-state index is 0.358. The molecule has 3 nitrogen and oxygen atoms in total. The van der Waals surface area contributed by atoms with Crippen LogP contribution >= 0.6 is 0 Å². The maximum absolute atomic E-state index is 5.96. The minimum Gasteiger partial charge on any atom is -0.376 e. The van der Waals surface area contributed by atoms with Crippen molar-refractivity contribution in [3.8, 4) is 0 Å². The molecule has 1 aliphatic carbocycles. The Morgan fingerprint density at radius 2 is 1.88 bits per heavy atom. The molecule has 2 atom stereocenters. The molecule has 16 heavy (non-hydrogen) atoms. The lowest BCUT2D eigenvalue weighted by atomic mass is 9.93. The van der Waals surface area contributed by atoms with Crippen LogP contribution in [-0.4, -0.2) is 38.0 Å². The Morgan fingerprint density at radius 3 is 2.44 bits per heavy atom. The quantitative estimate of drug-likeness (QED) is 0.798. The van der Waals surface area contributed by atoms with Gasteiger partial charge in [-0.3, -0.25) is 0 Å². The van der Waals surface area contributed by atoms with Gasteiger partial charge in [-0.1, -0.05) is 0 Å². The van der Waals surface area contributed by atoms with Crippen molar-refractivity contribution in [1.29, 1.82) is 0 Å². The normalized spacial score (nSPS) is 40.1. The summed E-state index contributed by atoms with van der Waals surface area (Å²) in [7, 11) is 2.06. The third-order valence-electron chi connectivity index (χ3n) is 3.92. The Hall–Kier alpha value is -0.120. The number of rotatable bonds is 4. The summed E-state index contributed by atoms with van der Waals surface area (Å²) in [6.07, 6.45) is 8.55. The van der Waals surface area contributed by atoms with Crippen molar-refractivity contribution in [1.82, 2.24) is 5.32 Å². The summed E-state index contributed by atoms with van der Waals surface area (Å²) in [4.78, 5) is 0. The monoisotopic (exact) mass is 227 g/mol. The van der Waals surface area contributed by atoms with Crippen LogP contribution in [0, 0.1) is 0 Å². The first-order chi connectivity index (χ1) is 7.78. The molecule has 2 rings (SSSR count). The summed E-state index contributed by atoms with van der Waals surface area (Å²) in [5.41, 5.74) is 0. The molecule has 1 heterocycles. The molecule has 0 bridgehead atoms. The van der Waals surface area contributed by atoms with Gasteiger partial charge in [0, 0.05) is 6.04 Å². The molecule has 1 saturated carbocycles. The summed E-state index contributed by atoms with van der Waals surface area (Å²) in [5, 5.41) is 3.35. The largest absolute Gasteiger partial charge is 0.376 e. The fourth-order valence-electron chi connectivity index (χ4n) is 2.77. The fourth-order valence-corrected chi connectivity index (χ4v) is 2.77. The average molecular weight is 227 g/mol. The van der Waals surface area contributed by atoms with Gasteiger partial charge in [0.15, 0.2) is 0 Å². The molecule has 1 N–H and O–H groups in total. The lowest BCUT2D eigenvalue weighted by molar-refractivity contribution is -0.0489. The SMILES string of the molecule is CNC1CCC(OCC2CCC(C)O2)CC1. The smallest absolute Gasteiger partial charge is 0.0813 e. The predicted octanol–water partition coefficient (Wildman–Crippen LogP) is 2.10. The van der Waals surface area contributed by atoms with Crippen molar-refractivity contribution >= 4 is 0 Å². The van der Waals surface area contributed by atoms with E-state index in [1.54, 1.807) is 0 Å². The van der Waals surface area contributed by atoms with Gasteiger partial charge in [-0.25, -0.2) is 0 Å². The van der Waals surface area contributed by atoms with Crippen LogP contribution in [0.2, 0.25) is 0 Å². The van der Waals surface area contributed by atoms with E-state index < -0.39 is 0 Å². The van der Waals surface area contributed by atoms with Crippen LogP contribution in [0.4, 0.5) is 0 Å². The highest BCUT2D eigenvalue weighted by atomic mass is 16.5. The Labute approximate surface area is 98.9 Å². The van der Waals surface area contributed by atoms with Crippen LogP contribution in [0.5, 0.6) is 0 Å². The lowest BCUT2D eigenvalue weighted by Crippen LogP contribution is -2.34. The van der Waals surface area contributed by atoms with E-state index in [2.05, 4.69) is 19.3 Å². The second-order valence-corrected chi connectivity index (χ2v) is 5.24. The van der Waals surface area contributed by atoms with Gasteiger partial charge < -0.3 is 14.8 Å². The molecule has 0 radical (unpaired) electrons. The van der Waals surface area contributed by atoms with Gasteiger partial charge in [-0.2, -0.15) is 0 Å². The van der Waals surface area contributed by atoms with Gasteiger partial charge in [-0.05, 0) is 52.5 Å². The van der Waals surface area contributed by atoms with Crippen molar-refractivity contribution in [3.05, 3.63) is 0 Å². The van der Waals surface area contributed by atoms with Crippen molar-refractivity contribution in [2.24, 2.45) is 0 Å². The Kier molecular flexibility index (Phi) is 4.62. The maximum Gasteiger partial charge on any atom is 0.0813 e. The van der Waals surface area contributed by atoms with Crippen molar-refractivity contribution < 1.29 is 9.47 Å². The van der Waals surface area contributed by atoms with Crippen LogP contribution in [-0.2, 0) is 9.47 Å². The molecule has 0 amide bonds. The summed E-state index contributed by atoms with van der Waals surface area (Å²) < 4.78 is 11.7. The van der Waals surface area contributed by atoms with E-state index >= 15 is 0 Å². The summed E-state index contributed by atoms with van der Waals surface area (Å²) in [5.74, 6) is 0. The van der Waals surface area contributed by atoms with Crippen molar-refractivity contribution in [2.75, 3.05) is 13.7 Å². The van der Waals surface area contributed by atoms with Crippen LogP contribution in [0.1, 0.15) is 45.4 Å². The highest BCUT2D eigenvalue weighted by Gasteiger charge is 2.25. The van der Waals surface area contributed by atoms with E-state index in [4.69, 9.17) is 9.47 Å². The molecule has 0 aromatic carbocycles. The van der Waals surface area contributed by atoms with Crippen LogP contribution in [0.25, 0.3) is 0 Å². The van der Waals surface area contributed by atoms with E-state index in [1.807, 2.05) is 0 Å². The van der Waals surface area contributed by atoms with E-state index in [0.717, 1.165) is 6.61 Å². The van der Waals surface area contributed by atoms with Gasteiger partial charge >= 0.3 is 0 Å². The van der Waals surface area contributed by atoms with Crippen LogP contribution < -0.4 is 5.32 Å². The van der Waals surface area contributed by atoms with E-state index in [9.17, 15) is 0 Å². The zero-order valence-electron chi connectivity index (χ0n) is 10.6. The summed E-state index contributed by atoms with van der Waals surface area (Å²) in [6.45, 7) is 2.96. The van der Waals surface area contributed by atoms with Crippen molar-refractivity contribution in [3.63, 3.8) is 0 Å². The number of hydrogen-bond acceptors (Lipinski definition) is 3. The first kappa shape index (κ1) is 12.3. The molecule has 94 valence electrons. The molecule has 1 saturated heterocycles. The summed E-state index contributed by atoms with van der Waals surface area (Å²) in [6, 6.07) is 0.711. The van der Waals surface area contributed by atoms with Gasteiger partial charge in [-0.15, -0.1) is 0 Å². The zero-order valence-corrected chi connectivity index (χ0v) is 10.6. The Bertz CT molecular complexity index is 202. The second kappa shape index (κ2) is 5.99. The van der Waals surface area contributed by atoms with Gasteiger partial charge in [0.05, 0.1) is 24.9 Å². The minimum atomic E-state index is 0.358. The molecular weight excluding hydrogens is 202 g/mol. The van der Waals surface area contributed by atoms with Gasteiger partial charge in [0.2, 0.25) is 0 Å². The second-order valence-electron chi connectivity index (χ2n) is 5.24. The fraction of sp³-hybridized carbons (Fsp3) is 1.00. The number of nitrogens with one attached hydrogen (secondary N) is 1. The third kappa shape index (κ3) is 3.44. The molecule has 2 aliphatic rings. The number of hydrogen-bond donors (Lipinski definition) is 1. The van der Waals surface area contributed by atoms with E-state index in [1.165, 1.54) is 38.5 Å². The van der Waals surface area contributed by atoms with Crippen molar-refractivity contribution in [2.45, 2.75) is 69.8 Å². The molecule has 1 aliphatic heterocycles.